The summed E-state index contributed by atoms with van der Waals surface area (Å²) in [5, 5.41) is 12.5. The summed E-state index contributed by atoms with van der Waals surface area (Å²) < 4.78 is 15.1. The molecule has 0 saturated carbocycles. The number of imidazole rings is 1. The van der Waals surface area contributed by atoms with Crippen LogP contribution in [-0.4, -0.2) is 61.2 Å². The summed E-state index contributed by atoms with van der Waals surface area (Å²) in [4.78, 5) is 39.9. The molecule has 6 aromatic rings. The van der Waals surface area contributed by atoms with Gasteiger partial charge in [0.2, 0.25) is 0 Å². The molecular weight excluding hydrogens is 644 g/mol. The molecule has 51 heavy (non-hydrogen) atoms. The Morgan fingerprint density at radius 3 is 2.35 bits per heavy atom. The van der Waals surface area contributed by atoms with Gasteiger partial charge in [0.1, 0.15) is 5.69 Å². The van der Waals surface area contributed by atoms with E-state index >= 15 is 0 Å². The Morgan fingerprint density at radius 2 is 1.57 bits per heavy atom. The number of benzene rings is 4. The van der Waals surface area contributed by atoms with Crippen LogP contribution in [0.3, 0.4) is 0 Å². The predicted molar refractivity (Wildman–Crippen MR) is 193 cm³/mol. The van der Waals surface area contributed by atoms with Gasteiger partial charge in [0.25, 0.3) is 5.91 Å². The number of ether oxygens (including phenoxy) is 2. The van der Waals surface area contributed by atoms with Gasteiger partial charge in [-0.15, -0.1) is 0 Å². The summed E-state index contributed by atoms with van der Waals surface area (Å²) in [7, 11) is 0. The van der Waals surface area contributed by atoms with E-state index < -0.39 is 6.29 Å². The fraction of sp³-hybridized carbons (Fsp3) is 0.300. The van der Waals surface area contributed by atoms with Crippen LogP contribution in [0.15, 0.2) is 108 Å². The molecule has 0 unspecified atom stereocenters. The maximum Gasteiger partial charge on any atom is 0.326 e. The van der Waals surface area contributed by atoms with Crippen molar-refractivity contribution in [2.24, 2.45) is 0 Å². The van der Waals surface area contributed by atoms with Crippen molar-refractivity contribution in [3.05, 3.63) is 142 Å². The molecule has 0 spiro atoms. The number of aromatic nitrogens is 4. The summed E-state index contributed by atoms with van der Waals surface area (Å²) in [5.41, 5.74) is 7.19. The van der Waals surface area contributed by atoms with Crippen molar-refractivity contribution < 1.29 is 19.4 Å². The number of hydrogen-bond donors (Lipinski definition) is 3. The number of likely N-dealkylation sites (tertiary alicyclic amines) is 1. The zero-order valence-corrected chi connectivity index (χ0v) is 28.2. The van der Waals surface area contributed by atoms with Crippen molar-refractivity contribution in [3.63, 3.8) is 0 Å². The van der Waals surface area contributed by atoms with Gasteiger partial charge in [0.05, 0.1) is 47.1 Å². The number of H-pyrrole nitrogens is 1. The Balaban J connectivity index is 0.932. The molecule has 11 heteroatoms. The van der Waals surface area contributed by atoms with E-state index in [-0.39, 0.29) is 42.1 Å². The van der Waals surface area contributed by atoms with Crippen LogP contribution in [0.25, 0.3) is 22.1 Å². The Hall–Kier alpha value is -5.20. The van der Waals surface area contributed by atoms with Crippen LogP contribution in [0.2, 0.25) is 0 Å². The lowest BCUT2D eigenvalue weighted by Crippen LogP contribution is -2.43. The Kier molecular flexibility index (Phi) is 9.42. The van der Waals surface area contributed by atoms with Gasteiger partial charge in [-0.25, -0.2) is 9.78 Å². The topological polar surface area (TPSA) is 135 Å². The van der Waals surface area contributed by atoms with Crippen molar-refractivity contribution in [1.82, 2.24) is 29.7 Å². The van der Waals surface area contributed by atoms with Gasteiger partial charge in [-0.3, -0.25) is 14.3 Å². The number of nitrogens with one attached hydrogen (secondary N) is 2. The van der Waals surface area contributed by atoms with Gasteiger partial charge >= 0.3 is 5.69 Å². The predicted octanol–water partition coefficient (Wildman–Crippen LogP) is 5.58. The van der Waals surface area contributed by atoms with Crippen molar-refractivity contribution in [2.45, 2.75) is 57.0 Å². The van der Waals surface area contributed by atoms with Crippen LogP contribution in [0.1, 0.15) is 70.4 Å². The fourth-order valence-corrected chi connectivity index (χ4v) is 7.25. The van der Waals surface area contributed by atoms with Crippen molar-refractivity contribution in [2.75, 3.05) is 19.6 Å². The number of hydrogen-bond acceptors (Lipinski definition) is 8. The molecule has 260 valence electrons. The fourth-order valence-electron chi connectivity index (χ4n) is 7.25. The highest BCUT2D eigenvalue weighted by atomic mass is 16.7. The lowest BCUT2D eigenvalue weighted by Gasteiger charge is -2.40. The van der Waals surface area contributed by atoms with Crippen molar-refractivity contribution >= 4 is 28.0 Å². The molecule has 4 heterocycles. The summed E-state index contributed by atoms with van der Waals surface area (Å²) in [6.45, 7) is 2.81. The molecule has 11 nitrogen and oxygen atoms in total. The molecule has 2 aromatic heterocycles. The highest BCUT2D eigenvalue weighted by Crippen LogP contribution is 2.38. The number of aliphatic hydroxyl groups excluding tert-OH is 1. The molecule has 0 radical (unpaired) electrons. The molecule has 8 rings (SSSR count). The minimum atomic E-state index is -0.579. The highest BCUT2D eigenvalue weighted by Gasteiger charge is 2.34. The first kappa shape index (κ1) is 33.0. The zero-order chi connectivity index (χ0) is 34.7. The molecule has 2 aliphatic heterocycles. The summed E-state index contributed by atoms with van der Waals surface area (Å²) in [5.74, 6) is -0.285. The number of carbonyl (C=O) groups is 1. The molecule has 4 aromatic carbocycles. The number of aromatic amines is 1. The van der Waals surface area contributed by atoms with Crippen molar-refractivity contribution in [1.29, 1.82) is 0 Å². The molecule has 2 saturated heterocycles. The largest absolute Gasteiger partial charge is 0.392 e. The third kappa shape index (κ3) is 7.19. The Morgan fingerprint density at radius 1 is 0.863 bits per heavy atom. The number of aliphatic hydroxyl groups is 1. The van der Waals surface area contributed by atoms with Crippen LogP contribution in [0.5, 0.6) is 0 Å². The second-order valence-corrected chi connectivity index (χ2v) is 13.4. The molecule has 2 aliphatic rings. The SMILES string of the molecule is O=C(NCc1ccc([C@H]2O[C@@H](CN3CCC(n4c(=O)[nH]c5ccccc54)CC3)C[C@@H](c3ccc(CO)cc3)O2)cc1)c1cnc2ccccc2n1. The van der Waals surface area contributed by atoms with E-state index in [0.717, 1.165) is 71.3 Å². The number of amides is 1. The normalized spacial score (nSPS) is 20.1. The molecule has 1 amide bonds. The monoisotopic (exact) mass is 684 g/mol. The Labute approximate surface area is 294 Å². The van der Waals surface area contributed by atoms with Gasteiger partial charge in [-0.05, 0) is 53.8 Å². The first-order valence-electron chi connectivity index (χ1n) is 17.5. The smallest absolute Gasteiger partial charge is 0.326 e. The van der Waals surface area contributed by atoms with E-state index in [2.05, 4.69) is 25.2 Å². The number of rotatable bonds is 9. The van der Waals surface area contributed by atoms with Gasteiger partial charge in [0.15, 0.2) is 6.29 Å². The summed E-state index contributed by atoms with van der Waals surface area (Å²) >= 11 is 0. The van der Waals surface area contributed by atoms with E-state index in [1.807, 2.05) is 102 Å². The molecule has 0 aliphatic carbocycles. The minimum Gasteiger partial charge on any atom is -0.392 e. The van der Waals surface area contributed by atoms with Gasteiger partial charge in [-0.1, -0.05) is 72.8 Å². The van der Waals surface area contributed by atoms with E-state index in [0.29, 0.717) is 18.5 Å². The lowest BCUT2D eigenvalue weighted by atomic mass is 9.98. The van der Waals surface area contributed by atoms with Gasteiger partial charge in [-0.2, -0.15) is 0 Å². The van der Waals surface area contributed by atoms with E-state index in [9.17, 15) is 14.7 Å². The molecule has 3 N–H and O–H groups in total. The summed E-state index contributed by atoms with van der Waals surface area (Å²) in [6, 6.07) is 31.3. The summed E-state index contributed by atoms with van der Waals surface area (Å²) in [6.07, 6.45) is 3.10. The van der Waals surface area contributed by atoms with E-state index in [1.165, 1.54) is 6.20 Å². The quantitative estimate of drug-likeness (QED) is 0.180. The first-order chi connectivity index (χ1) is 25.0. The van der Waals surface area contributed by atoms with E-state index in [1.54, 1.807) is 0 Å². The average Bonchev–Trinajstić information content (AvgIpc) is 3.52. The number of para-hydroxylation sites is 4. The number of fused-ring (bicyclic) bond motifs is 2. The van der Waals surface area contributed by atoms with Crippen molar-refractivity contribution in [3.8, 4) is 0 Å². The maximum absolute atomic E-state index is 12.8. The van der Waals surface area contributed by atoms with Gasteiger partial charge < -0.3 is 29.8 Å². The second-order valence-electron chi connectivity index (χ2n) is 13.4. The Bertz CT molecular complexity index is 2190. The first-order valence-corrected chi connectivity index (χ1v) is 17.5. The number of carbonyl (C=O) groups excluding carboxylic acids is 1. The van der Waals surface area contributed by atoms with Crippen LogP contribution in [0, 0.1) is 0 Å². The van der Waals surface area contributed by atoms with Crippen LogP contribution >= 0.6 is 0 Å². The molecule has 3 atom stereocenters. The van der Waals surface area contributed by atoms with Gasteiger partial charge in [0, 0.05) is 44.2 Å². The molecule has 0 bridgehead atoms. The standard InChI is InChI=1S/C40H40N6O5/c47-25-27-11-13-28(14-12-27)37-21-31(24-45-19-17-30(18-20-45)46-36-8-4-3-7-34(36)44-40(46)49)50-39(51-37)29-15-9-26(10-16-29)22-42-38(48)35-23-41-32-5-1-2-6-33(32)43-35/h1-16,23,30-31,37,39,47H,17-22,24-25H2,(H,42,48)(H,44,49)/t31-,37+,39+/m1/s1. The average molecular weight is 685 g/mol. The van der Waals surface area contributed by atoms with Crippen LogP contribution < -0.4 is 11.0 Å². The third-order valence-electron chi connectivity index (χ3n) is 10.0. The second kappa shape index (κ2) is 14.6. The minimum absolute atomic E-state index is 0.0107. The third-order valence-corrected chi connectivity index (χ3v) is 10.0. The lowest BCUT2D eigenvalue weighted by molar-refractivity contribution is -0.253. The highest BCUT2D eigenvalue weighted by molar-refractivity contribution is 5.93. The number of piperidine rings is 1. The van der Waals surface area contributed by atoms with Crippen LogP contribution in [-0.2, 0) is 22.6 Å². The molecular formula is C40H40N6O5. The van der Waals surface area contributed by atoms with Crippen LogP contribution in [0.4, 0.5) is 0 Å². The molecule has 2 fully saturated rings. The number of nitrogens with zero attached hydrogens (tertiary/aromatic N) is 4. The maximum atomic E-state index is 12.8. The zero-order valence-electron chi connectivity index (χ0n) is 28.2. The van der Waals surface area contributed by atoms with E-state index in [4.69, 9.17) is 9.47 Å².